The van der Waals surface area contributed by atoms with Crippen molar-refractivity contribution in [3.05, 3.63) is 64.7 Å². The van der Waals surface area contributed by atoms with Crippen molar-refractivity contribution in [3.8, 4) is 0 Å². The highest BCUT2D eigenvalue weighted by Gasteiger charge is 2.21. The molecule has 0 spiro atoms. The first-order valence-electron chi connectivity index (χ1n) is 6.80. The molecule has 0 bridgehead atoms. The number of benzene rings is 2. The number of sulfonamides is 1. The molecular formula is C16H16ClNO4S. The molecule has 0 saturated heterocycles. The standard InChI is InChI=1S/C16H16ClNO4S/c1-11(14-8-3-4-9-15(14)17)18-23(20,21)13-7-5-6-12(10-13)16(19)22-2/h3-11,18H,1-2H3/t11-/m1/s1. The molecule has 0 radical (unpaired) electrons. The molecule has 0 fully saturated rings. The minimum Gasteiger partial charge on any atom is -0.465 e. The Morgan fingerprint density at radius 2 is 1.87 bits per heavy atom. The lowest BCUT2D eigenvalue weighted by atomic mass is 10.1. The van der Waals surface area contributed by atoms with Gasteiger partial charge in [-0.05, 0) is 36.8 Å². The van der Waals surface area contributed by atoms with Gasteiger partial charge in [0.15, 0.2) is 0 Å². The predicted octanol–water partition coefficient (Wildman–Crippen LogP) is 3.17. The number of hydrogen-bond donors (Lipinski definition) is 1. The number of hydrogen-bond acceptors (Lipinski definition) is 4. The molecule has 7 heteroatoms. The summed E-state index contributed by atoms with van der Waals surface area (Å²) in [6, 6.07) is 12.1. The fourth-order valence-electron chi connectivity index (χ4n) is 2.10. The van der Waals surface area contributed by atoms with E-state index in [0.717, 1.165) is 0 Å². The van der Waals surface area contributed by atoms with Crippen LogP contribution in [0.5, 0.6) is 0 Å². The highest BCUT2D eigenvalue weighted by atomic mass is 35.5. The van der Waals surface area contributed by atoms with E-state index in [0.29, 0.717) is 10.6 Å². The Labute approximate surface area is 140 Å². The third kappa shape index (κ3) is 4.10. The van der Waals surface area contributed by atoms with E-state index < -0.39 is 22.0 Å². The van der Waals surface area contributed by atoms with Gasteiger partial charge in [-0.3, -0.25) is 0 Å². The maximum Gasteiger partial charge on any atom is 0.337 e. The van der Waals surface area contributed by atoms with Crippen LogP contribution < -0.4 is 4.72 Å². The Morgan fingerprint density at radius 1 is 1.17 bits per heavy atom. The second-order valence-corrected chi connectivity index (χ2v) is 7.01. The first-order chi connectivity index (χ1) is 10.8. The summed E-state index contributed by atoms with van der Waals surface area (Å²) in [5.74, 6) is -0.596. The quantitative estimate of drug-likeness (QED) is 0.838. The van der Waals surface area contributed by atoms with Gasteiger partial charge in [-0.15, -0.1) is 0 Å². The maximum atomic E-state index is 12.5. The third-order valence-electron chi connectivity index (χ3n) is 3.27. The van der Waals surface area contributed by atoms with Gasteiger partial charge >= 0.3 is 5.97 Å². The van der Waals surface area contributed by atoms with Gasteiger partial charge in [0, 0.05) is 11.1 Å². The fraction of sp³-hybridized carbons (Fsp3) is 0.188. The summed E-state index contributed by atoms with van der Waals surface area (Å²) in [5.41, 5.74) is 0.836. The molecule has 2 rings (SSSR count). The summed E-state index contributed by atoms with van der Waals surface area (Å²) in [6.07, 6.45) is 0. The molecule has 0 saturated carbocycles. The zero-order chi connectivity index (χ0) is 17.0. The van der Waals surface area contributed by atoms with E-state index in [-0.39, 0.29) is 10.5 Å². The Morgan fingerprint density at radius 3 is 2.52 bits per heavy atom. The fourth-order valence-corrected chi connectivity index (χ4v) is 3.67. The zero-order valence-corrected chi connectivity index (χ0v) is 14.2. The van der Waals surface area contributed by atoms with E-state index in [1.54, 1.807) is 31.2 Å². The van der Waals surface area contributed by atoms with Crippen molar-refractivity contribution in [1.82, 2.24) is 4.72 Å². The van der Waals surface area contributed by atoms with Crippen LogP contribution in [0.2, 0.25) is 5.02 Å². The Hall–Kier alpha value is -1.89. The average molecular weight is 354 g/mol. The summed E-state index contributed by atoms with van der Waals surface area (Å²) in [6.45, 7) is 1.70. The molecule has 122 valence electrons. The van der Waals surface area contributed by atoms with Crippen molar-refractivity contribution in [2.24, 2.45) is 0 Å². The van der Waals surface area contributed by atoms with Gasteiger partial charge in [0.2, 0.25) is 10.0 Å². The molecule has 2 aromatic rings. The minimum absolute atomic E-state index is 0.0145. The molecule has 0 aliphatic carbocycles. The SMILES string of the molecule is COC(=O)c1cccc(S(=O)(=O)N[C@H](C)c2ccccc2Cl)c1. The number of carbonyl (C=O) groups is 1. The number of methoxy groups -OCH3 is 1. The summed E-state index contributed by atoms with van der Waals surface area (Å²) >= 11 is 6.08. The Balaban J connectivity index is 2.29. The lowest BCUT2D eigenvalue weighted by molar-refractivity contribution is 0.0600. The van der Waals surface area contributed by atoms with Crippen molar-refractivity contribution in [1.29, 1.82) is 0 Å². The van der Waals surface area contributed by atoms with E-state index in [1.807, 2.05) is 0 Å². The van der Waals surface area contributed by atoms with Gasteiger partial charge in [-0.25, -0.2) is 17.9 Å². The molecule has 0 unspecified atom stereocenters. The molecule has 2 aromatic carbocycles. The van der Waals surface area contributed by atoms with E-state index >= 15 is 0 Å². The maximum absolute atomic E-state index is 12.5. The van der Waals surface area contributed by atoms with E-state index in [4.69, 9.17) is 11.6 Å². The summed E-state index contributed by atoms with van der Waals surface area (Å²) in [4.78, 5) is 11.5. The number of esters is 1. The van der Waals surface area contributed by atoms with Crippen LogP contribution in [0, 0.1) is 0 Å². The second kappa shape index (κ2) is 7.12. The van der Waals surface area contributed by atoms with E-state index in [9.17, 15) is 13.2 Å². The van der Waals surface area contributed by atoms with Gasteiger partial charge < -0.3 is 4.74 Å². The van der Waals surface area contributed by atoms with Crippen LogP contribution in [0.3, 0.4) is 0 Å². The lowest BCUT2D eigenvalue weighted by Crippen LogP contribution is -2.27. The zero-order valence-electron chi connectivity index (χ0n) is 12.6. The molecule has 23 heavy (non-hydrogen) atoms. The third-order valence-corrected chi connectivity index (χ3v) is 5.15. The van der Waals surface area contributed by atoms with Gasteiger partial charge in [0.1, 0.15) is 0 Å². The van der Waals surface area contributed by atoms with Gasteiger partial charge in [0.05, 0.1) is 17.6 Å². The van der Waals surface area contributed by atoms with Crippen molar-refractivity contribution in [2.75, 3.05) is 7.11 Å². The Kier molecular flexibility index (Phi) is 5.41. The molecule has 0 aliphatic rings. The molecule has 0 amide bonds. The van der Waals surface area contributed by atoms with Crippen LogP contribution >= 0.6 is 11.6 Å². The summed E-state index contributed by atoms with van der Waals surface area (Å²) in [5, 5.41) is 0.478. The number of carbonyl (C=O) groups excluding carboxylic acids is 1. The van der Waals surface area contributed by atoms with Gasteiger partial charge in [-0.1, -0.05) is 35.9 Å². The largest absolute Gasteiger partial charge is 0.465 e. The van der Waals surface area contributed by atoms with E-state index in [2.05, 4.69) is 9.46 Å². The van der Waals surface area contributed by atoms with Crippen molar-refractivity contribution in [3.63, 3.8) is 0 Å². The Bertz CT molecular complexity index is 820. The van der Waals surface area contributed by atoms with Crippen LogP contribution in [-0.2, 0) is 14.8 Å². The van der Waals surface area contributed by atoms with Gasteiger partial charge in [0.25, 0.3) is 0 Å². The molecule has 0 aromatic heterocycles. The highest BCUT2D eigenvalue weighted by molar-refractivity contribution is 7.89. The monoisotopic (exact) mass is 353 g/mol. The predicted molar refractivity (Wildman–Crippen MR) is 88.0 cm³/mol. The van der Waals surface area contributed by atoms with Crippen LogP contribution in [0.15, 0.2) is 53.4 Å². The van der Waals surface area contributed by atoms with Crippen LogP contribution in [-0.4, -0.2) is 21.5 Å². The van der Waals surface area contributed by atoms with Crippen LogP contribution in [0.4, 0.5) is 0 Å². The minimum atomic E-state index is -3.81. The number of halogens is 1. The molecule has 0 heterocycles. The number of ether oxygens (including phenoxy) is 1. The molecule has 5 nitrogen and oxygen atoms in total. The summed E-state index contributed by atoms with van der Waals surface area (Å²) < 4.78 is 32.1. The normalized spacial score (nSPS) is 12.7. The molecular weight excluding hydrogens is 338 g/mol. The smallest absolute Gasteiger partial charge is 0.337 e. The topological polar surface area (TPSA) is 72.5 Å². The van der Waals surface area contributed by atoms with Crippen molar-refractivity contribution in [2.45, 2.75) is 17.9 Å². The van der Waals surface area contributed by atoms with Crippen LogP contribution in [0.25, 0.3) is 0 Å². The number of rotatable bonds is 5. The van der Waals surface area contributed by atoms with Crippen molar-refractivity contribution < 1.29 is 17.9 Å². The highest BCUT2D eigenvalue weighted by Crippen LogP contribution is 2.24. The summed E-state index contributed by atoms with van der Waals surface area (Å²) in [7, 11) is -2.57. The molecule has 1 N–H and O–H groups in total. The van der Waals surface area contributed by atoms with Crippen LogP contribution in [0.1, 0.15) is 28.9 Å². The van der Waals surface area contributed by atoms with Gasteiger partial charge in [-0.2, -0.15) is 0 Å². The lowest BCUT2D eigenvalue weighted by Gasteiger charge is -2.16. The first-order valence-corrected chi connectivity index (χ1v) is 8.66. The average Bonchev–Trinajstić information content (AvgIpc) is 2.54. The molecule has 1 atom stereocenters. The number of nitrogens with one attached hydrogen (secondary N) is 1. The first kappa shape index (κ1) is 17.5. The second-order valence-electron chi connectivity index (χ2n) is 4.88. The van der Waals surface area contributed by atoms with E-state index in [1.165, 1.54) is 31.4 Å². The van der Waals surface area contributed by atoms with Crippen molar-refractivity contribution >= 4 is 27.6 Å². The molecule has 0 aliphatic heterocycles.